The summed E-state index contributed by atoms with van der Waals surface area (Å²) >= 11 is 0. The number of unbranched alkanes of at least 4 members (excludes halogenated alkanes) is 8. The van der Waals surface area contributed by atoms with Crippen LogP contribution in [-0.2, 0) is 20.2 Å². The van der Waals surface area contributed by atoms with E-state index in [2.05, 4.69) is 13.8 Å². The SMILES string of the molecule is CCCCCCCC(CC(CCCCCCC)S(=O)(=O)O)S(=O)(=O)O. The van der Waals surface area contributed by atoms with Crippen LogP contribution >= 0.6 is 0 Å². The van der Waals surface area contributed by atoms with Crippen molar-refractivity contribution in [1.82, 2.24) is 0 Å². The normalized spacial score (nSPS) is 15.2. The monoisotopic (exact) mass is 400 g/mol. The van der Waals surface area contributed by atoms with Crippen molar-refractivity contribution in [3.63, 3.8) is 0 Å². The Morgan fingerprint density at radius 1 is 0.600 bits per heavy atom. The summed E-state index contributed by atoms with van der Waals surface area (Å²) in [5.41, 5.74) is 0. The minimum atomic E-state index is -4.33. The van der Waals surface area contributed by atoms with Crippen molar-refractivity contribution < 1.29 is 25.9 Å². The minimum absolute atomic E-state index is 0.227. The molecule has 0 bridgehead atoms. The summed E-state index contributed by atoms with van der Waals surface area (Å²) in [7, 11) is -8.66. The molecule has 0 saturated heterocycles. The Hall–Kier alpha value is -0.180. The summed E-state index contributed by atoms with van der Waals surface area (Å²) in [6, 6.07) is 0. The smallest absolute Gasteiger partial charge is 0.267 e. The van der Waals surface area contributed by atoms with Gasteiger partial charge >= 0.3 is 0 Å². The standard InChI is InChI=1S/C17H36O6S2/c1-3-5-7-9-11-13-16(24(18,19)20)15-17(25(21,22)23)14-12-10-8-6-4-2/h16-17H,3-15H2,1-2H3,(H,18,19,20)(H,21,22,23). The first-order chi connectivity index (χ1) is 11.6. The van der Waals surface area contributed by atoms with Gasteiger partial charge in [-0.15, -0.1) is 0 Å². The van der Waals surface area contributed by atoms with Crippen molar-refractivity contribution >= 4 is 20.2 Å². The molecule has 0 fully saturated rings. The Morgan fingerprint density at radius 2 is 0.920 bits per heavy atom. The predicted molar refractivity (Wildman–Crippen MR) is 102 cm³/mol. The highest BCUT2D eigenvalue weighted by molar-refractivity contribution is 7.87. The molecule has 8 heteroatoms. The van der Waals surface area contributed by atoms with Crippen molar-refractivity contribution in [2.24, 2.45) is 0 Å². The second-order valence-corrected chi connectivity index (χ2v) is 10.3. The van der Waals surface area contributed by atoms with Crippen molar-refractivity contribution in [3.8, 4) is 0 Å². The van der Waals surface area contributed by atoms with E-state index in [0.717, 1.165) is 51.4 Å². The maximum absolute atomic E-state index is 11.6. The lowest BCUT2D eigenvalue weighted by Gasteiger charge is -2.20. The third kappa shape index (κ3) is 12.8. The van der Waals surface area contributed by atoms with Gasteiger partial charge in [0.2, 0.25) is 0 Å². The van der Waals surface area contributed by atoms with Crippen LogP contribution in [0.3, 0.4) is 0 Å². The van der Waals surface area contributed by atoms with E-state index >= 15 is 0 Å². The molecule has 6 nitrogen and oxygen atoms in total. The molecule has 0 heterocycles. The van der Waals surface area contributed by atoms with Crippen LogP contribution < -0.4 is 0 Å². The van der Waals surface area contributed by atoms with Crippen molar-refractivity contribution in [2.45, 2.75) is 108 Å². The van der Waals surface area contributed by atoms with Gasteiger partial charge in [-0.2, -0.15) is 16.8 Å². The Morgan fingerprint density at radius 3 is 1.20 bits per heavy atom. The molecule has 0 aliphatic heterocycles. The molecule has 0 spiro atoms. The molecule has 2 unspecified atom stereocenters. The summed E-state index contributed by atoms with van der Waals surface area (Å²) < 4.78 is 65.3. The number of hydrogen-bond donors (Lipinski definition) is 2. The minimum Gasteiger partial charge on any atom is -0.285 e. The molecular weight excluding hydrogens is 364 g/mol. The van der Waals surface area contributed by atoms with E-state index in [9.17, 15) is 25.9 Å². The van der Waals surface area contributed by atoms with Gasteiger partial charge in [0.1, 0.15) is 0 Å². The van der Waals surface area contributed by atoms with Crippen molar-refractivity contribution in [3.05, 3.63) is 0 Å². The Kier molecular flexibility index (Phi) is 13.0. The van der Waals surface area contributed by atoms with Gasteiger partial charge < -0.3 is 0 Å². The molecule has 0 aromatic carbocycles. The van der Waals surface area contributed by atoms with Gasteiger partial charge in [0, 0.05) is 0 Å². The summed E-state index contributed by atoms with van der Waals surface area (Å²) in [4.78, 5) is 0. The van der Waals surface area contributed by atoms with Crippen molar-refractivity contribution in [2.75, 3.05) is 0 Å². The molecule has 0 aromatic rings. The van der Waals surface area contributed by atoms with Crippen LogP contribution in [0.25, 0.3) is 0 Å². The van der Waals surface area contributed by atoms with Crippen LogP contribution in [-0.4, -0.2) is 36.4 Å². The van der Waals surface area contributed by atoms with Gasteiger partial charge in [0.15, 0.2) is 0 Å². The van der Waals surface area contributed by atoms with E-state index in [4.69, 9.17) is 0 Å². The molecule has 0 rings (SSSR count). The highest BCUT2D eigenvalue weighted by Gasteiger charge is 2.32. The second kappa shape index (κ2) is 13.1. The fourth-order valence-corrected chi connectivity index (χ4v) is 5.02. The largest absolute Gasteiger partial charge is 0.285 e. The molecule has 152 valence electrons. The highest BCUT2D eigenvalue weighted by atomic mass is 32.2. The quantitative estimate of drug-likeness (QED) is 0.289. The van der Waals surface area contributed by atoms with E-state index in [-0.39, 0.29) is 19.3 Å². The lowest BCUT2D eigenvalue weighted by molar-refractivity contribution is 0.424. The fraction of sp³-hybridized carbons (Fsp3) is 1.00. The highest BCUT2D eigenvalue weighted by Crippen LogP contribution is 2.23. The van der Waals surface area contributed by atoms with E-state index in [1.54, 1.807) is 0 Å². The zero-order valence-corrected chi connectivity index (χ0v) is 17.3. The average Bonchev–Trinajstić information content (AvgIpc) is 2.49. The molecule has 0 radical (unpaired) electrons. The van der Waals surface area contributed by atoms with E-state index in [1.165, 1.54) is 0 Å². The fourth-order valence-electron chi connectivity index (χ4n) is 3.02. The summed E-state index contributed by atoms with van der Waals surface area (Å²) in [6.45, 7) is 4.16. The van der Waals surface area contributed by atoms with Gasteiger partial charge in [0.05, 0.1) is 10.5 Å². The molecule has 2 N–H and O–H groups in total. The van der Waals surface area contributed by atoms with Crippen LogP contribution in [0.2, 0.25) is 0 Å². The molecule has 2 atom stereocenters. The first-order valence-electron chi connectivity index (χ1n) is 9.55. The van der Waals surface area contributed by atoms with Gasteiger partial charge in [-0.25, -0.2) is 0 Å². The first-order valence-corrected chi connectivity index (χ1v) is 12.6. The molecule has 0 aliphatic carbocycles. The van der Waals surface area contributed by atoms with Crippen LogP contribution in [0.5, 0.6) is 0 Å². The van der Waals surface area contributed by atoms with Crippen molar-refractivity contribution in [1.29, 1.82) is 0 Å². The Bertz CT molecular complexity index is 479. The summed E-state index contributed by atoms with van der Waals surface area (Å²) in [5, 5.41) is -2.26. The number of hydrogen-bond acceptors (Lipinski definition) is 4. The topological polar surface area (TPSA) is 109 Å². The maximum Gasteiger partial charge on any atom is 0.267 e. The molecule has 25 heavy (non-hydrogen) atoms. The van der Waals surface area contributed by atoms with Crippen LogP contribution in [0.4, 0.5) is 0 Å². The van der Waals surface area contributed by atoms with E-state index in [0.29, 0.717) is 12.8 Å². The molecule has 0 aromatic heterocycles. The molecule has 0 saturated carbocycles. The van der Waals surface area contributed by atoms with E-state index < -0.39 is 30.7 Å². The maximum atomic E-state index is 11.6. The van der Waals surface area contributed by atoms with Gasteiger partial charge in [-0.1, -0.05) is 78.1 Å². The lowest BCUT2D eigenvalue weighted by Crippen LogP contribution is -2.31. The zero-order chi connectivity index (χ0) is 19.3. The van der Waals surface area contributed by atoms with Crippen LogP contribution in [0.1, 0.15) is 97.3 Å². The Balaban J connectivity index is 4.69. The zero-order valence-electron chi connectivity index (χ0n) is 15.7. The van der Waals surface area contributed by atoms with Gasteiger partial charge in [-0.3, -0.25) is 9.11 Å². The van der Waals surface area contributed by atoms with Gasteiger partial charge in [0.25, 0.3) is 20.2 Å². The lowest BCUT2D eigenvalue weighted by atomic mass is 10.0. The first kappa shape index (κ1) is 24.8. The van der Waals surface area contributed by atoms with E-state index in [1.807, 2.05) is 0 Å². The molecule has 0 aliphatic rings. The molecule has 0 amide bonds. The third-order valence-electron chi connectivity index (χ3n) is 4.63. The summed E-state index contributed by atoms with van der Waals surface area (Å²) in [5.74, 6) is 0. The summed E-state index contributed by atoms with van der Waals surface area (Å²) in [6.07, 6.45) is 9.45. The predicted octanol–water partition coefficient (Wildman–Crippen LogP) is 4.61. The third-order valence-corrected chi connectivity index (χ3v) is 7.17. The Labute approximate surface area is 154 Å². The second-order valence-electron chi connectivity index (χ2n) is 6.92. The van der Waals surface area contributed by atoms with Gasteiger partial charge in [-0.05, 0) is 19.3 Å². The number of rotatable bonds is 16. The average molecular weight is 401 g/mol. The van der Waals surface area contributed by atoms with Crippen LogP contribution in [0.15, 0.2) is 0 Å². The van der Waals surface area contributed by atoms with Crippen LogP contribution in [0, 0.1) is 0 Å². The molecular formula is C17H36O6S2.